The largest absolute Gasteiger partial charge is 0.493 e. The first-order chi connectivity index (χ1) is 11.6. The van der Waals surface area contributed by atoms with E-state index in [9.17, 15) is 0 Å². The molecule has 2 aromatic rings. The lowest BCUT2D eigenvalue weighted by molar-refractivity contribution is 0.275. The van der Waals surface area contributed by atoms with Gasteiger partial charge in [0, 0.05) is 12.0 Å². The van der Waals surface area contributed by atoms with Crippen LogP contribution in [0.25, 0.3) is 0 Å². The van der Waals surface area contributed by atoms with E-state index in [4.69, 9.17) is 26.4 Å². The van der Waals surface area contributed by atoms with Gasteiger partial charge >= 0.3 is 0 Å². The summed E-state index contributed by atoms with van der Waals surface area (Å²) in [6.45, 7) is 4.62. The highest BCUT2D eigenvalue weighted by Crippen LogP contribution is 2.38. The van der Waals surface area contributed by atoms with Crippen LogP contribution in [0.5, 0.6) is 17.2 Å². The number of H-pyrrole nitrogens is 1. The first kappa shape index (κ1) is 18.0. The van der Waals surface area contributed by atoms with Crippen molar-refractivity contribution >= 4 is 18.4 Å². The Morgan fingerprint density at radius 3 is 2.46 bits per heavy atom. The van der Waals surface area contributed by atoms with E-state index in [0.29, 0.717) is 28.6 Å². The molecule has 8 heteroatoms. The third-order valence-corrected chi connectivity index (χ3v) is 3.55. The minimum atomic E-state index is 0.449. The average molecular weight is 350 g/mol. The lowest BCUT2D eigenvalue weighted by Crippen LogP contribution is -2.02. The average Bonchev–Trinajstić information content (AvgIpc) is 2.97. The third-order valence-electron chi connectivity index (χ3n) is 3.29. The Kier molecular flexibility index (Phi) is 6.36. The summed E-state index contributed by atoms with van der Waals surface area (Å²) in [6, 6.07) is 3.68. The molecule has 1 aromatic heterocycles. The molecular formula is C16H22N4O3S. The highest BCUT2D eigenvalue weighted by molar-refractivity contribution is 7.71. The normalized spacial score (nSPS) is 11.0. The molecule has 0 fully saturated rings. The Morgan fingerprint density at radius 2 is 1.92 bits per heavy atom. The molecule has 0 spiro atoms. The monoisotopic (exact) mass is 350 g/mol. The predicted molar refractivity (Wildman–Crippen MR) is 95.1 cm³/mol. The molecule has 0 saturated carbocycles. The Balaban J connectivity index is 2.38. The zero-order chi connectivity index (χ0) is 17.5. The van der Waals surface area contributed by atoms with Gasteiger partial charge in [0.1, 0.15) is 0 Å². The molecule has 0 unspecified atom stereocenters. The van der Waals surface area contributed by atoms with E-state index < -0.39 is 0 Å². The van der Waals surface area contributed by atoms with Crippen LogP contribution in [-0.2, 0) is 6.42 Å². The van der Waals surface area contributed by atoms with Gasteiger partial charge in [-0.3, -0.25) is 5.10 Å². The van der Waals surface area contributed by atoms with Crippen molar-refractivity contribution < 1.29 is 14.2 Å². The van der Waals surface area contributed by atoms with E-state index in [2.05, 4.69) is 15.3 Å². The van der Waals surface area contributed by atoms with Crippen molar-refractivity contribution in [3.8, 4) is 17.2 Å². The maximum Gasteiger partial charge on any atom is 0.216 e. The summed E-state index contributed by atoms with van der Waals surface area (Å²) in [6.07, 6.45) is 3.30. The summed E-state index contributed by atoms with van der Waals surface area (Å²) >= 11 is 5.18. The van der Waals surface area contributed by atoms with Crippen LogP contribution in [0.3, 0.4) is 0 Å². The van der Waals surface area contributed by atoms with Crippen molar-refractivity contribution in [2.45, 2.75) is 26.7 Å². The Bertz CT molecular complexity index is 742. The molecule has 1 aromatic carbocycles. The van der Waals surface area contributed by atoms with Gasteiger partial charge in [-0.1, -0.05) is 13.8 Å². The number of rotatable bonds is 8. The van der Waals surface area contributed by atoms with Crippen molar-refractivity contribution in [2.75, 3.05) is 20.8 Å². The highest BCUT2D eigenvalue weighted by atomic mass is 32.1. The molecule has 130 valence electrons. The molecule has 1 heterocycles. The van der Waals surface area contributed by atoms with Gasteiger partial charge in [-0.05, 0) is 30.8 Å². The molecule has 0 radical (unpaired) electrons. The van der Waals surface area contributed by atoms with Crippen LogP contribution in [0.4, 0.5) is 0 Å². The first-order valence-corrected chi connectivity index (χ1v) is 8.14. The number of hydrogen-bond acceptors (Lipinski definition) is 6. The number of nitrogens with zero attached hydrogens (tertiary/aromatic N) is 3. The molecular weight excluding hydrogens is 328 g/mol. The van der Waals surface area contributed by atoms with Crippen molar-refractivity contribution in [3.63, 3.8) is 0 Å². The number of aryl methyl sites for hydroxylation is 1. The number of benzene rings is 1. The Labute approximate surface area is 146 Å². The number of nitrogens with one attached hydrogen (secondary N) is 1. The molecule has 0 aliphatic rings. The molecule has 1 N–H and O–H groups in total. The minimum absolute atomic E-state index is 0.449. The number of aromatic nitrogens is 3. The van der Waals surface area contributed by atoms with Gasteiger partial charge < -0.3 is 14.2 Å². The molecule has 0 atom stereocenters. The molecule has 0 aliphatic heterocycles. The first-order valence-electron chi connectivity index (χ1n) is 7.74. The van der Waals surface area contributed by atoms with Crippen molar-refractivity contribution in [1.29, 1.82) is 0 Å². The molecule has 0 bridgehead atoms. The minimum Gasteiger partial charge on any atom is -0.493 e. The second-order valence-electron chi connectivity index (χ2n) is 4.96. The smallest absolute Gasteiger partial charge is 0.216 e. The topological polar surface area (TPSA) is 73.7 Å². The van der Waals surface area contributed by atoms with Crippen LogP contribution >= 0.6 is 12.2 Å². The van der Waals surface area contributed by atoms with E-state index in [1.165, 1.54) is 0 Å². The maximum absolute atomic E-state index is 5.73. The quantitative estimate of drug-likeness (QED) is 0.585. The summed E-state index contributed by atoms with van der Waals surface area (Å²) < 4.78 is 18.6. The summed E-state index contributed by atoms with van der Waals surface area (Å²) in [5.41, 5.74) is 0.803. The third kappa shape index (κ3) is 3.94. The number of aromatic amines is 1. The van der Waals surface area contributed by atoms with Gasteiger partial charge in [0.15, 0.2) is 17.3 Å². The zero-order valence-electron chi connectivity index (χ0n) is 14.3. The second kappa shape index (κ2) is 8.49. The lowest BCUT2D eigenvalue weighted by Gasteiger charge is -2.14. The molecule has 7 nitrogen and oxygen atoms in total. The van der Waals surface area contributed by atoms with Crippen LogP contribution in [0.1, 0.15) is 31.7 Å². The van der Waals surface area contributed by atoms with E-state index in [-0.39, 0.29) is 0 Å². The zero-order valence-corrected chi connectivity index (χ0v) is 15.1. The van der Waals surface area contributed by atoms with Gasteiger partial charge in [-0.25, -0.2) is 0 Å². The summed E-state index contributed by atoms with van der Waals surface area (Å²) in [5, 5.41) is 11.3. The number of ether oxygens (including phenoxy) is 3. The molecule has 0 aliphatic carbocycles. The molecule has 2 rings (SSSR count). The van der Waals surface area contributed by atoms with Crippen LogP contribution in [0, 0.1) is 4.77 Å². The van der Waals surface area contributed by atoms with Crippen molar-refractivity contribution in [2.24, 2.45) is 5.10 Å². The maximum atomic E-state index is 5.73. The molecule has 24 heavy (non-hydrogen) atoms. The van der Waals surface area contributed by atoms with Crippen LogP contribution < -0.4 is 14.2 Å². The molecule has 0 saturated heterocycles. The lowest BCUT2D eigenvalue weighted by atomic mass is 10.2. The SMILES string of the molecule is CCCOc1c(OC)cc(/C=N\n2c(CC)n[nH]c2=S)cc1OC. The number of methoxy groups -OCH3 is 2. The van der Waals surface area contributed by atoms with Gasteiger partial charge in [-0.2, -0.15) is 14.9 Å². The summed E-state index contributed by atoms with van der Waals surface area (Å²) in [4.78, 5) is 0. The highest BCUT2D eigenvalue weighted by Gasteiger charge is 2.13. The standard InChI is InChI=1S/C16H22N4O3S/c1-5-7-23-15-12(21-3)8-11(9-13(15)22-4)10-17-20-14(6-2)18-19-16(20)24/h8-10H,5-7H2,1-4H3,(H,19,24)/b17-10-. The summed E-state index contributed by atoms with van der Waals surface area (Å²) in [5.74, 6) is 2.54. The van der Waals surface area contributed by atoms with Gasteiger partial charge in [0.25, 0.3) is 0 Å². The van der Waals surface area contributed by atoms with E-state index >= 15 is 0 Å². The van der Waals surface area contributed by atoms with E-state index in [1.807, 2.05) is 26.0 Å². The van der Waals surface area contributed by atoms with E-state index in [0.717, 1.165) is 24.2 Å². The van der Waals surface area contributed by atoms with Gasteiger partial charge in [0.2, 0.25) is 10.5 Å². The van der Waals surface area contributed by atoms with Crippen molar-refractivity contribution in [1.82, 2.24) is 14.9 Å². The summed E-state index contributed by atoms with van der Waals surface area (Å²) in [7, 11) is 3.19. The van der Waals surface area contributed by atoms with Gasteiger partial charge in [0.05, 0.1) is 27.0 Å². The Hall–Kier alpha value is -2.35. The van der Waals surface area contributed by atoms with Crippen LogP contribution in [0.2, 0.25) is 0 Å². The molecule has 0 amide bonds. The van der Waals surface area contributed by atoms with Gasteiger partial charge in [-0.15, -0.1) is 0 Å². The second-order valence-corrected chi connectivity index (χ2v) is 5.34. The fraction of sp³-hybridized carbons (Fsp3) is 0.438. The fourth-order valence-corrected chi connectivity index (χ4v) is 2.32. The van der Waals surface area contributed by atoms with Crippen molar-refractivity contribution in [3.05, 3.63) is 28.3 Å². The van der Waals surface area contributed by atoms with Crippen LogP contribution in [0.15, 0.2) is 17.2 Å². The van der Waals surface area contributed by atoms with E-state index in [1.54, 1.807) is 25.1 Å². The number of hydrogen-bond donors (Lipinski definition) is 1. The fourth-order valence-electron chi connectivity index (χ4n) is 2.12. The van der Waals surface area contributed by atoms with Crippen LogP contribution in [-0.4, -0.2) is 41.9 Å². The predicted octanol–water partition coefficient (Wildman–Crippen LogP) is 3.19. The Morgan fingerprint density at radius 1 is 1.25 bits per heavy atom.